The van der Waals surface area contributed by atoms with Crippen LogP contribution in [0.1, 0.15) is 36.8 Å². The third-order valence-corrected chi connectivity index (χ3v) is 4.33. The van der Waals surface area contributed by atoms with E-state index in [4.69, 9.17) is 14.9 Å². The van der Waals surface area contributed by atoms with Crippen molar-refractivity contribution < 1.29 is 23.1 Å². The molecule has 2 heterocycles. The largest absolute Gasteiger partial charge is 0.490 e. The molecule has 0 bridgehead atoms. The number of alkyl halides is 3. The molecular weight excluding hydrogens is 345 g/mol. The van der Waals surface area contributed by atoms with E-state index in [0.717, 1.165) is 24.4 Å². The predicted octanol–water partition coefficient (Wildman–Crippen LogP) is 4.87. The standard InChI is InChI=1S/C17H22N2.C2HF3O2/c1-13-7-8-16-15(11-13)14(2)12-17(18-16)19-9-5-3-4-6-10-19;3-2(4,5)1(6)7/h7-8,11-12H,3-6,9-10H2,1-2H3;(H,6,7). The van der Waals surface area contributed by atoms with Crippen LogP contribution in [-0.4, -0.2) is 35.3 Å². The van der Waals surface area contributed by atoms with Crippen LogP contribution in [0.5, 0.6) is 0 Å². The number of aryl methyl sites for hydroxylation is 2. The van der Waals surface area contributed by atoms with Gasteiger partial charge in [-0.2, -0.15) is 13.2 Å². The molecule has 1 aliphatic heterocycles. The van der Waals surface area contributed by atoms with E-state index in [-0.39, 0.29) is 0 Å². The highest BCUT2D eigenvalue weighted by molar-refractivity contribution is 5.84. The summed E-state index contributed by atoms with van der Waals surface area (Å²) in [7, 11) is 0. The van der Waals surface area contributed by atoms with E-state index in [1.54, 1.807) is 0 Å². The molecule has 142 valence electrons. The molecular formula is C19H23F3N2O2. The predicted molar refractivity (Wildman–Crippen MR) is 95.6 cm³/mol. The highest BCUT2D eigenvalue weighted by Crippen LogP contribution is 2.25. The van der Waals surface area contributed by atoms with E-state index in [2.05, 4.69) is 43.0 Å². The van der Waals surface area contributed by atoms with Gasteiger partial charge in [-0.15, -0.1) is 0 Å². The molecule has 26 heavy (non-hydrogen) atoms. The molecule has 1 N–H and O–H groups in total. The van der Waals surface area contributed by atoms with Gasteiger partial charge in [0.15, 0.2) is 0 Å². The van der Waals surface area contributed by atoms with E-state index >= 15 is 0 Å². The van der Waals surface area contributed by atoms with Crippen LogP contribution in [0.2, 0.25) is 0 Å². The van der Waals surface area contributed by atoms with Gasteiger partial charge >= 0.3 is 12.1 Å². The molecule has 0 saturated carbocycles. The van der Waals surface area contributed by atoms with Gasteiger partial charge in [-0.1, -0.05) is 24.5 Å². The van der Waals surface area contributed by atoms with E-state index < -0.39 is 12.1 Å². The minimum atomic E-state index is -5.08. The fourth-order valence-corrected chi connectivity index (χ4v) is 2.95. The second-order valence-corrected chi connectivity index (χ2v) is 6.52. The number of aromatic nitrogens is 1. The summed E-state index contributed by atoms with van der Waals surface area (Å²) in [4.78, 5) is 16.2. The van der Waals surface area contributed by atoms with Gasteiger partial charge in [0.1, 0.15) is 5.82 Å². The van der Waals surface area contributed by atoms with E-state index in [0.29, 0.717) is 0 Å². The van der Waals surface area contributed by atoms with Crippen LogP contribution in [0.15, 0.2) is 24.3 Å². The first kappa shape index (κ1) is 20.0. The normalized spacial score (nSPS) is 15.2. The monoisotopic (exact) mass is 368 g/mol. The molecule has 3 rings (SSSR count). The smallest absolute Gasteiger partial charge is 0.475 e. The van der Waals surface area contributed by atoms with Gasteiger partial charge in [-0.25, -0.2) is 9.78 Å². The van der Waals surface area contributed by atoms with Gasteiger partial charge < -0.3 is 10.0 Å². The third kappa shape index (κ3) is 5.34. The van der Waals surface area contributed by atoms with Crippen molar-refractivity contribution in [3.8, 4) is 0 Å². The molecule has 7 heteroatoms. The quantitative estimate of drug-likeness (QED) is 0.781. The van der Waals surface area contributed by atoms with Crippen molar-refractivity contribution in [3.63, 3.8) is 0 Å². The first-order chi connectivity index (χ1) is 12.2. The molecule has 1 aromatic heterocycles. The lowest BCUT2D eigenvalue weighted by atomic mass is 10.1. The van der Waals surface area contributed by atoms with Crippen LogP contribution in [0.3, 0.4) is 0 Å². The molecule has 0 amide bonds. The van der Waals surface area contributed by atoms with Gasteiger partial charge in [-0.05, 0) is 50.5 Å². The third-order valence-electron chi connectivity index (χ3n) is 4.33. The SMILES string of the molecule is Cc1ccc2nc(N3CCCCCC3)cc(C)c2c1.O=C(O)C(F)(F)F. The average Bonchev–Trinajstić information content (AvgIpc) is 2.84. The molecule has 2 aromatic rings. The summed E-state index contributed by atoms with van der Waals surface area (Å²) in [5.41, 5.74) is 3.78. The first-order valence-corrected chi connectivity index (χ1v) is 8.61. The van der Waals surface area contributed by atoms with Crippen molar-refractivity contribution in [1.82, 2.24) is 4.98 Å². The zero-order chi connectivity index (χ0) is 19.3. The number of benzene rings is 1. The summed E-state index contributed by atoms with van der Waals surface area (Å²) < 4.78 is 31.7. The highest BCUT2D eigenvalue weighted by Gasteiger charge is 2.38. The van der Waals surface area contributed by atoms with Crippen molar-refractivity contribution >= 4 is 22.7 Å². The molecule has 0 spiro atoms. The minimum absolute atomic E-state index is 1.13. The summed E-state index contributed by atoms with van der Waals surface area (Å²) in [6.07, 6.45) is 0.240. The van der Waals surface area contributed by atoms with Gasteiger partial charge in [0.25, 0.3) is 0 Å². The maximum atomic E-state index is 10.6. The minimum Gasteiger partial charge on any atom is -0.475 e. The summed E-state index contributed by atoms with van der Waals surface area (Å²) in [5.74, 6) is -1.59. The zero-order valence-electron chi connectivity index (χ0n) is 14.9. The number of rotatable bonds is 1. The van der Waals surface area contributed by atoms with Crippen molar-refractivity contribution in [2.24, 2.45) is 0 Å². The van der Waals surface area contributed by atoms with Crippen LogP contribution < -0.4 is 4.90 Å². The Morgan fingerprint density at radius 2 is 1.65 bits per heavy atom. The Bertz CT molecular complexity index is 767. The maximum absolute atomic E-state index is 10.6. The fourth-order valence-electron chi connectivity index (χ4n) is 2.95. The van der Waals surface area contributed by atoms with Crippen molar-refractivity contribution in [1.29, 1.82) is 0 Å². The van der Waals surface area contributed by atoms with Crippen LogP contribution in [0, 0.1) is 13.8 Å². The van der Waals surface area contributed by atoms with E-state index in [1.165, 1.54) is 42.2 Å². The number of nitrogens with zero attached hydrogens (tertiary/aromatic N) is 2. The van der Waals surface area contributed by atoms with E-state index in [9.17, 15) is 13.2 Å². The van der Waals surface area contributed by atoms with Crippen LogP contribution in [0.25, 0.3) is 10.9 Å². The number of halogens is 3. The Labute approximate surface area is 150 Å². The number of aliphatic carboxylic acids is 1. The van der Waals surface area contributed by atoms with Crippen LogP contribution in [0.4, 0.5) is 19.0 Å². The number of hydrogen-bond donors (Lipinski definition) is 1. The number of hydrogen-bond acceptors (Lipinski definition) is 3. The molecule has 1 aromatic carbocycles. The number of fused-ring (bicyclic) bond motifs is 1. The number of carboxylic acids is 1. The van der Waals surface area contributed by atoms with Gasteiger partial charge in [-0.3, -0.25) is 0 Å². The molecule has 0 unspecified atom stereocenters. The molecule has 1 fully saturated rings. The lowest BCUT2D eigenvalue weighted by molar-refractivity contribution is -0.192. The van der Waals surface area contributed by atoms with E-state index in [1.807, 2.05) is 0 Å². The van der Waals surface area contributed by atoms with Gasteiger partial charge in [0, 0.05) is 18.5 Å². The van der Waals surface area contributed by atoms with Gasteiger partial charge in [0.2, 0.25) is 0 Å². The second kappa shape index (κ2) is 8.38. The maximum Gasteiger partial charge on any atom is 0.490 e. The van der Waals surface area contributed by atoms with Crippen molar-refractivity contribution in [2.75, 3.05) is 18.0 Å². The summed E-state index contributed by atoms with van der Waals surface area (Å²) in [6.45, 7) is 6.65. The Kier molecular flexibility index (Phi) is 6.45. The summed E-state index contributed by atoms with van der Waals surface area (Å²) in [6, 6.07) is 8.80. The van der Waals surface area contributed by atoms with Gasteiger partial charge in [0.05, 0.1) is 5.52 Å². The Morgan fingerprint density at radius 3 is 2.19 bits per heavy atom. The Balaban J connectivity index is 0.000000298. The number of pyridine rings is 1. The molecule has 1 saturated heterocycles. The second-order valence-electron chi connectivity index (χ2n) is 6.52. The number of carbonyl (C=O) groups is 1. The van der Waals surface area contributed by atoms with Crippen LogP contribution in [-0.2, 0) is 4.79 Å². The average molecular weight is 368 g/mol. The summed E-state index contributed by atoms with van der Waals surface area (Å²) >= 11 is 0. The van der Waals surface area contributed by atoms with Crippen LogP contribution >= 0.6 is 0 Å². The molecule has 0 atom stereocenters. The lowest BCUT2D eigenvalue weighted by Gasteiger charge is -2.22. The molecule has 0 aliphatic carbocycles. The molecule has 0 radical (unpaired) electrons. The zero-order valence-corrected chi connectivity index (χ0v) is 14.9. The summed E-state index contributed by atoms with van der Waals surface area (Å²) in [5, 5.41) is 8.42. The fraction of sp³-hybridized carbons (Fsp3) is 0.474. The lowest BCUT2D eigenvalue weighted by Crippen LogP contribution is -2.24. The Hall–Kier alpha value is -2.31. The molecule has 4 nitrogen and oxygen atoms in total. The number of anilines is 1. The topological polar surface area (TPSA) is 53.4 Å². The highest BCUT2D eigenvalue weighted by atomic mass is 19.4. The molecule has 1 aliphatic rings. The first-order valence-electron chi connectivity index (χ1n) is 8.61. The van der Waals surface area contributed by atoms with Crippen molar-refractivity contribution in [3.05, 3.63) is 35.4 Å². The Morgan fingerprint density at radius 1 is 1.08 bits per heavy atom. The van der Waals surface area contributed by atoms with Crippen molar-refractivity contribution in [2.45, 2.75) is 45.7 Å². The number of carboxylic acid groups (broad SMARTS) is 1.